The van der Waals surface area contributed by atoms with Crippen molar-refractivity contribution in [3.8, 4) is 0 Å². The highest BCUT2D eigenvalue weighted by Gasteiger charge is 2.28. The summed E-state index contributed by atoms with van der Waals surface area (Å²) in [6.07, 6.45) is 2.75. The van der Waals surface area contributed by atoms with Crippen molar-refractivity contribution in [2.45, 2.75) is 18.9 Å². The van der Waals surface area contributed by atoms with Crippen LogP contribution in [0.15, 0.2) is 18.3 Å². The van der Waals surface area contributed by atoms with E-state index in [2.05, 4.69) is 22.5 Å². The van der Waals surface area contributed by atoms with Crippen molar-refractivity contribution >= 4 is 11.6 Å². The van der Waals surface area contributed by atoms with Crippen molar-refractivity contribution in [2.75, 3.05) is 32.5 Å². The van der Waals surface area contributed by atoms with Crippen LogP contribution >= 0.6 is 0 Å². The quantitative estimate of drug-likeness (QED) is 0.836. The Balaban J connectivity index is 2.14. The zero-order valence-corrected chi connectivity index (χ0v) is 11.2. The summed E-state index contributed by atoms with van der Waals surface area (Å²) in [7, 11) is 3.46. The smallest absolute Gasteiger partial charge is 0.272 e. The first-order valence-corrected chi connectivity index (χ1v) is 6.17. The lowest BCUT2D eigenvalue weighted by molar-refractivity contribution is 0.0822. The molecular weight excluding hydrogens is 228 g/mol. The summed E-state index contributed by atoms with van der Waals surface area (Å²) in [6, 6.07) is 3.71. The molecule has 5 heteroatoms. The van der Waals surface area contributed by atoms with Crippen LogP contribution in [-0.4, -0.2) is 48.5 Å². The van der Waals surface area contributed by atoms with Gasteiger partial charge in [-0.25, -0.2) is 0 Å². The van der Waals surface area contributed by atoms with Crippen LogP contribution in [0.4, 0.5) is 5.69 Å². The summed E-state index contributed by atoms with van der Waals surface area (Å²) in [5.41, 5.74) is 1.47. The minimum absolute atomic E-state index is 0.0553. The van der Waals surface area contributed by atoms with Gasteiger partial charge in [0.15, 0.2) is 0 Å². The number of carbonyl (C=O) groups is 1. The number of pyridine rings is 1. The van der Waals surface area contributed by atoms with Gasteiger partial charge in [-0.15, -0.1) is 0 Å². The third-order valence-corrected chi connectivity index (χ3v) is 3.20. The fourth-order valence-electron chi connectivity index (χ4n) is 2.13. The molecule has 2 rings (SSSR count). The van der Waals surface area contributed by atoms with Gasteiger partial charge >= 0.3 is 0 Å². The average Bonchev–Trinajstić information content (AvgIpc) is 2.75. The molecule has 0 saturated carbocycles. The van der Waals surface area contributed by atoms with Crippen LogP contribution in [0.5, 0.6) is 0 Å². The standard InChI is InChI=1S/C13H20N4O/c1-13(5-7-14-9-13)16-10-4-6-15-11(8-10)12(18)17(2)3/h4,6,8,14H,5,7,9H2,1-3H3,(H,15,16). The van der Waals surface area contributed by atoms with E-state index in [1.807, 2.05) is 12.1 Å². The maximum Gasteiger partial charge on any atom is 0.272 e. The van der Waals surface area contributed by atoms with Crippen molar-refractivity contribution < 1.29 is 4.79 Å². The van der Waals surface area contributed by atoms with Crippen LogP contribution in [-0.2, 0) is 0 Å². The molecule has 1 amide bonds. The lowest BCUT2D eigenvalue weighted by atomic mass is 10.0. The van der Waals surface area contributed by atoms with Crippen LogP contribution in [0.2, 0.25) is 0 Å². The van der Waals surface area contributed by atoms with Crippen molar-refractivity contribution in [3.63, 3.8) is 0 Å². The van der Waals surface area contributed by atoms with Crippen LogP contribution in [0.3, 0.4) is 0 Å². The molecule has 5 nitrogen and oxygen atoms in total. The van der Waals surface area contributed by atoms with E-state index in [1.54, 1.807) is 20.3 Å². The summed E-state index contributed by atoms with van der Waals surface area (Å²) >= 11 is 0. The highest BCUT2D eigenvalue weighted by Crippen LogP contribution is 2.21. The number of nitrogens with zero attached hydrogens (tertiary/aromatic N) is 2. The molecule has 1 aliphatic heterocycles. The molecule has 0 radical (unpaired) electrons. The molecule has 1 aromatic heterocycles. The molecule has 18 heavy (non-hydrogen) atoms. The summed E-state index contributed by atoms with van der Waals surface area (Å²) in [5.74, 6) is -0.0756. The van der Waals surface area contributed by atoms with Gasteiger partial charge in [-0.3, -0.25) is 9.78 Å². The Morgan fingerprint density at radius 2 is 2.33 bits per heavy atom. The molecule has 98 valence electrons. The van der Waals surface area contributed by atoms with Crippen LogP contribution in [0.25, 0.3) is 0 Å². The van der Waals surface area contributed by atoms with Gasteiger partial charge in [0.25, 0.3) is 5.91 Å². The van der Waals surface area contributed by atoms with E-state index < -0.39 is 0 Å². The van der Waals surface area contributed by atoms with Gasteiger partial charge in [0.2, 0.25) is 0 Å². The van der Waals surface area contributed by atoms with Gasteiger partial charge in [-0.2, -0.15) is 0 Å². The molecule has 2 heterocycles. The number of amides is 1. The van der Waals surface area contributed by atoms with Gasteiger partial charge in [-0.1, -0.05) is 0 Å². The van der Waals surface area contributed by atoms with Crippen molar-refractivity contribution in [1.29, 1.82) is 0 Å². The summed E-state index contributed by atoms with van der Waals surface area (Å²) < 4.78 is 0. The Hall–Kier alpha value is -1.62. The van der Waals surface area contributed by atoms with Crippen molar-refractivity contribution in [1.82, 2.24) is 15.2 Å². The van der Waals surface area contributed by atoms with E-state index in [0.717, 1.165) is 25.2 Å². The van der Waals surface area contributed by atoms with Gasteiger partial charge in [0.05, 0.1) is 0 Å². The maximum atomic E-state index is 11.8. The largest absolute Gasteiger partial charge is 0.378 e. The summed E-state index contributed by atoms with van der Waals surface area (Å²) in [4.78, 5) is 17.5. The molecule has 0 spiro atoms. The third-order valence-electron chi connectivity index (χ3n) is 3.20. The fourth-order valence-corrected chi connectivity index (χ4v) is 2.13. The number of carbonyl (C=O) groups excluding carboxylic acids is 1. The predicted molar refractivity (Wildman–Crippen MR) is 71.8 cm³/mol. The molecule has 0 bridgehead atoms. The number of anilines is 1. The predicted octanol–water partition coefficient (Wildman–Crippen LogP) is 0.947. The van der Waals surface area contributed by atoms with Gasteiger partial charge in [0, 0.05) is 38.1 Å². The second kappa shape index (κ2) is 4.94. The van der Waals surface area contributed by atoms with Crippen LogP contribution in [0, 0.1) is 0 Å². The average molecular weight is 248 g/mol. The fraction of sp³-hybridized carbons (Fsp3) is 0.538. The van der Waals surface area contributed by atoms with Gasteiger partial charge < -0.3 is 15.5 Å². The Morgan fingerprint density at radius 3 is 2.94 bits per heavy atom. The molecular formula is C13H20N4O. The van der Waals surface area contributed by atoms with E-state index in [-0.39, 0.29) is 11.4 Å². The van der Waals surface area contributed by atoms with E-state index >= 15 is 0 Å². The van der Waals surface area contributed by atoms with Crippen LogP contribution < -0.4 is 10.6 Å². The summed E-state index contributed by atoms with van der Waals surface area (Å²) in [5, 5.41) is 6.81. The second-order valence-corrected chi connectivity index (χ2v) is 5.24. The molecule has 1 fully saturated rings. The number of nitrogens with one attached hydrogen (secondary N) is 2. The topological polar surface area (TPSA) is 57.3 Å². The minimum Gasteiger partial charge on any atom is -0.378 e. The zero-order chi connectivity index (χ0) is 13.2. The Kier molecular flexibility index (Phi) is 3.52. The Bertz CT molecular complexity index is 438. The first-order chi connectivity index (χ1) is 8.50. The van der Waals surface area contributed by atoms with Crippen LogP contribution in [0.1, 0.15) is 23.8 Å². The third kappa shape index (κ3) is 2.79. The molecule has 1 atom stereocenters. The second-order valence-electron chi connectivity index (χ2n) is 5.24. The summed E-state index contributed by atoms with van der Waals surface area (Å²) in [6.45, 7) is 4.14. The first-order valence-electron chi connectivity index (χ1n) is 6.17. The van der Waals surface area contributed by atoms with E-state index in [0.29, 0.717) is 5.69 Å². The van der Waals surface area contributed by atoms with Gasteiger partial charge in [-0.05, 0) is 32.0 Å². The number of rotatable bonds is 3. The van der Waals surface area contributed by atoms with Crippen molar-refractivity contribution in [2.24, 2.45) is 0 Å². The first kappa shape index (κ1) is 12.8. The molecule has 0 aliphatic carbocycles. The SMILES string of the molecule is CN(C)C(=O)c1cc(NC2(C)CCNC2)ccn1. The highest BCUT2D eigenvalue weighted by atomic mass is 16.2. The van der Waals surface area contributed by atoms with Gasteiger partial charge in [0.1, 0.15) is 5.69 Å². The minimum atomic E-state index is -0.0756. The number of hydrogen-bond donors (Lipinski definition) is 2. The Morgan fingerprint density at radius 1 is 1.56 bits per heavy atom. The highest BCUT2D eigenvalue weighted by molar-refractivity contribution is 5.92. The normalized spacial score (nSPS) is 22.8. The maximum absolute atomic E-state index is 11.8. The molecule has 1 aromatic rings. The van der Waals surface area contributed by atoms with E-state index in [4.69, 9.17) is 0 Å². The molecule has 1 aliphatic rings. The molecule has 1 saturated heterocycles. The lowest BCUT2D eigenvalue weighted by Gasteiger charge is -2.26. The number of hydrogen-bond acceptors (Lipinski definition) is 4. The zero-order valence-electron chi connectivity index (χ0n) is 11.2. The van der Waals surface area contributed by atoms with E-state index in [1.165, 1.54) is 4.90 Å². The lowest BCUT2D eigenvalue weighted by Crippen LogP contribution is -2.36. The Labute approximate surface area is 108 Å². The van der Waals surface area contributed by atoms with E-state index in [9.17, 15) is 4.79 Å². The number of aromatic nitrogens is 1. The van der Waals surface area contributed by atoms with Crippen molar-refractivity contribution in [3.05, 3.63) is 24.0 Å². The molecule has 0 aromatic carbocycles. The monoisotopic (exact) mass is 248 g/mol. The molecule has 1 unspecified atom stereocenters. The molecule has 2 N–H and O–H groups in total.